The fraction of sp³-hybridized carbons (Fsp3) is 1.00. The van der Waals surface area contributed by atoms with Gasteiger partial charge in [-0.05, 0) is 79.4 Å². The molecule has 4 aliphatic rings. The molecule has 0 saturated heterocycles. The van der Waals surface area contributed by atoms with E-state index in [9.17, 15) is 0 Å². The van der Waals surface area contributed by atoms with Gasteiger partial charge in [-0.25, -0.2) is 0 Å². The Morgan fingerprint density at radius 2 is 1.52 bits per heavy atom. The first kappa shape index (κ1) is 15.8. The minimum Gasteiger partial charge on any atom is -0.328 e. The van der Waals surface area contributed by atoms with E-state index in [1.165, 1.54) is 64.2 Å². The second-order valence-electron chi connectivity index (χ2n) is 10.0. The van der Waals surface area contributed by atoms with Gasteiger partial charge in [-0.3, -0.25) is 0 Å². The Morgan fingerprint density at radius 3 is 2.00 bits per heavy atom. The normalized spacial score (nSPS) is 46.3. The smallest absolute Gasteiger partial charge is 0.00467 e. The fourth-order valence-corrected chi connectivity index (χ4v) is 7.60. The molecule has 1 heteroatoms. The van der Waals surface area contributed by atoms with Gasteiger partial charge in [0.05, 0.1) is 0 Å². The summed E-state index contributed by atoms with van der Waals surface area (Å²) in [6, 6.07) is 0.443. The van der Waals surface area contributed by atoms with Crippen molar-refractivity contribution in [1.82, 2.24) is 0 Å². The van der Waals surface area contributed by atoms with Gasteiger partial charge in [0.25, 0.3) is 0 Å². The van der Waals surface area contributed by atoms with Crippen LogP contribution in [-0.2, 0) is 0 Å². The Kier molecular flexibility index (Phi) is 3.96. The Hall–Kier alpha value is -0.0400. The summed E-state index contributed by atoms with van der Waals surface area (Å²) in [6.07, 6.45) is 14.1. The van der Waals surface area contributed by atoms with Crippen molar-refractivity contribution in [2.24, 2.45) is 33.8 Å². The molecule has 3 unspecified atom stereocenters. The highest BCUT2D eigenvalue weighted by Crippen LogP contribution is 2.70. The summed E-state index contributed by atoms with van der Waals surface area (Å²) in [7, 11) is 0. The van der Waals surface area contributed by atoms with E-state index in [4.69, 9.17) is 5.73 Å². The van der Waals surface area contributed by atoms with Crippen LogP contribution in [0.25, 0.3) is 0 Å². The van der Waals surface area contributed by atoms with Crippen LogP contribution in [0.2, 0.25) is 0 Å². The van der Waals surface area contributed by atoms with Crippen LogP contribution in [0.3, 0.4) is 0 Å². The Morgan fingerprint density at radius 1 is 0.952 bits per heavy atom. The van der Waals surface area contributed by atoms with Crippen LogP contribution < -0.4 is 5.73 Å². The molecule has 0 aromatic rings. The molecular weight excluding hydrogens is 254 g/mol. The molecule has 4 rings (SSSR count). The van der Waals surface area contributed by atoms with Crippen molar-refractivity contribution < 1.29 is 0 Å². The minimum atomic E-state index is 0.443. The topological polar surface area (TPSA) is 26.0 Å². The first-order valence-corrected chi connectivity index (χ1v) is 9.55. The maximum absolute atomic E-state index is 6.63. The van der Waals surface area contributed by atoms with Crippen LogP contribution in [0.4, 0.5) is 0 Å². The van der Waals surface area contributed by atoms with Gasteiger partial charge in [-0.1, -0.05) is 40.5 Å². The maximum Gasteiger partial charge on any atom is 0.00467 e. The van der Waals surface area contributed by atoms with Crippen molar-refractivity contribution in [2.45, 2.75) is 97.9 Å². The summed E-state index contributed by atoms with van der Waals surface area (Å²) in [6.45, 7) is 9.81. The third-order valence-corrected chi connectivity index (χ3v) is 7.23. The van der Waals surface area contributed by atoms with Crippen molar-refractivity contribution >= 4 is 0 Å². The summed E-state index contributed by atoms with van der Waals surface area (Å²) in [5, 5.41) is 0. The molecule has 122 valence electrons. The van der Waals surface area contributed by atoms with E-state index >= 15 is 0 Å². The summed E-state index contributed by atoms with van der Waals surface area (Å²) in [5.74, 6) is 1.86. The first-order valence-electron chi connectivity index (χ1n) is 9.55. The second kappa shape index (κ2) is 5.25. The lowest BCUT2D eigenvalue weighted by Gasteiger charge is -2.66. The SMILES string of the molecule is CCC(CC)CC(N)CC12CC3CC(C)(CC(C)(C3)C1)C2. The number of nitrogens with two attached hydrogens (primary N) is 1. The van der Waals surface area contributed by atoms with Crippen LogP contribution in [-0.4, -0.2) is 6.04 Å². The van der Waals surface area contributed by atoms with Crippen molar-refractivity contribution in [3.63, 3.8) is 0 Å². The van der Waals surface area contributed by atoms with Gasteiger partial charge in [-0.2, -0.15) is 0 Å². The van der Waals surface area contributed by atoms with Crippen LogP contribution in [0.15, 0.2) is 0 Å². The predicted octanol–water partition coefficient (Wildman–Crippen LogP) is 5.53. The molecule has 0 aromatic carbocycles. The Balaban J connectivity index is 1.70. The lowest BCUT2D eigenvalue weighted by molar-refractivity contribution is -0.149. The summed E-state index contributed by atoms with van der Waals surface area (Å²) < 4.78 is 0. The number of hydrogen-bond donors (Lipinski definition) is 1. The van der Waals surface area contributed by atoms with E-state index in [-0.39, 0.29) is 0 Å². The molecule has 4 saturated carbocycles. The van der Waals surface area contributed by atoms with Gasteiger partial charge in [0.15, 0.2) is 0 Å². The zero-order valence-corrected chi connectivity index (χ0v) is 14.9. The average molecular weight is 292 g/mol. The summed E-state index contributed by atoms with van der Waals surface area (Å²) in [5.41, 5.74) is 8.52. The van der Waals surface area contributed by atoms with Gasteiger partial charge in [0.1, 0.15) is 0 Å². The van der Waals surface area contributed by atoms with E-state index in [2.05, 4.69) is 27.7 Å². The molecule has 4 aliphatic carbocycles. The zero-order valence-electron chi connectivity index (χ0n) is 14.9. The molecule has 3 atom stereocenters. The van der Waals surface area contributed by atoms with Gasteiger partial charge >= 0.3 is 0 Å². The highest BCUT2D eigenvalue weighted by Gasteiger charge is 2.59. The van der Waals surface area contributed by atoms with Gasteiger partial charge in [0, 0.05) is 6.04 Å². The summed E-state index contributed by atoms with van der Waals surface area (Å²) in [4.78, 5) is 0. The van der Waals surface area contributed by atoms with Crippen molar-refractivity contribution in [2.75, 3.05) is 0 Å². The number of hydrogen-bond acceptors (Lipinski definition) is 1. The molecule has 0 aliphatic heterocycles. The quantitative estimate of drug-likeness (QED) is 0.684. The molecule has 21 heavy (non-hydrogen) atoms. The molecule has 2 N–H and O–H groups in total. The first-order chi connectivity index (χ1) is 9.79. The average Bonchev–Trinajstić information content (AvgIpc) is 2.30. The molecular formula is C20H37N. The van der Waals surface area contributed by atoms with E-state index in [1.54, 1.807) is 0 Å². The van der Waals surface area contributed by atoms with Gasteiger partial charge in [-0.15, -0.1) is 0 Å². The van der Waals surface area contributed by atoms with Crippen LogP contribution >= 0.6 is 0 Å². The van der Waals surface area contributed by atoms with Crippen molar-refractivity contribution in [3.8, 4) is 0 Å². The molecule has 0 radical (unpaired) electrons. The van der Waals surface area contributed by atoms with Crippen LogP contribution in [0, 0.1) is 28.1 Å². The van der Waals surface area contributed by atoms with Crippen molar-refractivity contribution in [3.05, 3.63) is 0 Å². The van der Waals surface area contributed by atoms with E-state index in [0.29, 0.717) is 22.3 Å². The van der Waals surface area contributed by atoms with Gasteiger partial charge < -0.3 is 5.73 Å². The third kappa shape index (κ3) is 3.05. The Bertz CT molecular complexity index is 365. The highest BCUT2D eigenvalue weighted by atomic mass is 14.7. The van der Waals surface area contributed by atoms with E-state index < -0.39 is 0 Å². The van der Waals surface area contributed by atoms with Crippen LogP contribution in [0.5, 0.6) is 0 Å². The Labute approximate surface area is 132 Å². The maximum atomic E-state index is 6.63. The molecule has 0 spiro atoms. The minimum absolute atomic E-state index is 0.443. The molecule has 0 amide bonds. The highest BCUT2D eigenvalue weighted by molar-refractivity contribution is 5.10. The lowest BCUT2D eigenvalue weighted by atomic mass is 9.39. The van der Waals surface area contributed by atoms with E-state index in [0.717, 1.165) is 11.8 Å². The molecule has 4 bridgehead atoms. The third-order valence-electron chi connectivity index (χ3n) is 7.23. The predicted molar refractivity (Wildman–Crippen MR) is 91.1 cm³/mol. The summed E-state index contributed by atoms with van der Waals surface area (Å²) >= 11 is 0. The molecule has 0 aromatic heterocycles. The molecule has 1 nitrogen and oxygen atoms in total. The second-order valence-corrected chi connectivity index (χ2v) is 10.0. The lowest BCUT2D eigenvalue weighted by Crippen LogP contribution is -2.56. The molecule has 0 heterocycles. The van der Waals surface area contributed by atoms with Gasteiger partial charge in [0.2, 0.25) is 0 Å². The van der Waals surface area contributed by atoms with Crippen molar-refractivity contribution in [1.29, 1.82) is 0 Å². The largest absolute Gasteiger partial charge is 0.328 e. The monoisotopic (exact) mass is 291 g/mol. The number of rotatable bonds is 6. The molecule has 4 fully saturated rings. The fourth-order valence-electron chi connectivity index (χ4n) is 7.60. The standard InChI is InChI=1S/C20H37N/c1-5-15(6-2)7-17(21)11-20-10-16-8-18(3,13-20)12-19(4,9-16)14-20/h15-17H,5-14,21H2,1-4H3. The zero-order chi connectivity index (χ0) is 15.3. The van der Waals surface area contributed by atoms with E-state index in [1.807, 2.05) is 0 Å². The van der Waals surface area contributed by atoms with Crippen LogP contribution in [0.1, 0.15) is 91.9 Å².